The van der Waals surface area contributed by atoms with Gasteiger partial charge in [0.15, 0.2) is 13.2 Å². The summed E-state index contributed by atoms with van der Waals surface area (Å²) in [6.45, 7) is -0.167. The van der Waals surface area contributed by atoms with Crippen LogP contribution in [0.15, 0.2) is 42.5 Å². The Labute approximate surface area is 105 Å². The fraction of sp³-hybridized carbons (Fsp3) is 0.133. The zero-order valence-electron chi connectivity index (χ0n) is 9.76. The molecule has 18 heavy (non-hydrogen) atoms. The van der Waals surface area contributed by atoms with Crippen LogP contribution in [-0.2, 0) is 9.53 Å². The zero-order chi connectivity index (χ0) is 12.8. The van der Waals surface area contributed by atoms with Gasteiger partial charge in [-0.25, -0.2) is 4.79 Å². The highest BCUT2D eigenvalue weighted by molar-refractivity contribution is 5.83. The Bertz CT molecular complexity index is 596. The summed E-state index contributed by atoms with van der Waals surface area (Å²) in [4.78, 5) is 11.2. The van der Waals surface area contributed by atoms with Crippen molar-refractivity contribution >= 4 is 16.7 Å². The lowest BCUT2D eigenvalue weighted by Crippen LogP contribution is -2.14. The van der Waals surface area contributed by atoms with Crippen LogP contribution in [0.5, 0.6) is 5.75 Å². The van der Waals surface area contributed by atoms with Gasteiger partial charge in [0.1, 0.15) is 5.75 Å². The van der Waals surface area contributed by atoms with Crippen LogP contribution >= 0.6 is 0 Å². The van der Waals surface area contributed by atoms with Crippen LogP contribution in [0.25, 0.3) is 10.8 Å². The van der Waals surface area contributed by atoms with Crippen LogP contribution in [0.2, 0.25) is 0 Å². The third kappa shape index (κ3) is 3.02. The van der Waals surface area contributed by atoms with Gasteiger partial charge in [-0.1, -0.05) is 36.3 Å². The standard InChI is InChI=1S/C15H12O3/c1-2-9-17-15(16)11-18-14-8-7-12-5-3-4-6-13(12)10-14/h1,3-8,10H,9,11H2. The molecular formula is C15H12O3. The number of rotatable bonds is 4. The predicted octanol–water partition coefficient (Wildman–Crippen LogP) is 2.40. The predicted molar refractivity (Wildman–Crippen MR) is 69.2 cm³/mol. The fourth-order valence-corrected chi connectivity index (χ4v) is 1.56. The summed E-state index contributed by atoms with van der Waals surface area (Å²) >= 11 is 0. The number of terminal acetylenes is 1. The van der Waals surface area contributed by atoms with Gasteiger partial charge in [0.2, 0.25) is 0 Å². The van der Waals surface area contributed by atoms with Crippen molar-refractivity contribution in [3.8, 4) is 18.1 Å². The Kier molecular flexibility index (Phi) is 3.83. The third-order valence-electron chi connectivity index (χ3n) is 2.39. The first-order valence-corrected chi connectivity index (χ1v) is 5.50. The maximum atomic E-state index is 11.2. The molecule has 2 aromatic carbocycles. The first-order valence-electron chi connectivity index (χ1n) is 5.50. The summed E-state index contributed by atoms with van der Waals surface area (Å²) in [6, 6.07) is 13.6. The zero-order valence-corrected chi connectivity index (χ0v) is 9.76. The minimum Gasteiger partial charge on any atom is -0.482 e. The molecular weight excluding hydrogens is 228 g/mol. The number of ether oxygens (including phenoxy) is 2. The molecule has 0 unspecified atom stereocenters. The van der Waals surface area contributed by atoms with Crippen molar-refractivity contribution in [1.82, 2.24) is 0 Å². The molecule has 90 valence electrons. The van der Waals surface area contributed by atoms with E-state index in [0.717, 1.165) is 10.8 Å². The van der Waals surface area contributed by atoms with E-state index in [4.69, 9.17) is 15.9 Å². The fourth-order valence-electron chi connectivity index (χ4n) is 1.56. The van der Waals surface area contributed by atoms with E-state index in [1.165, 1.54) is 0 Å². The van der Waals surface area contributed by atoms with Crippen molar-refractivity contribution in [3.63, 3.8) is 0 Å². The molecule has 0 aromatic heterocycles. The summed E-state index contributed by atoms with van der Waals surface area (Å²) in [6.07, 6.45) is 4.98. The lowest BCUT2D eigenvalue weighted by molar-refractivity contribution is -0.144. The molecule has 0 amide bonds. The molecule has 0 saturated heterocycles. The highest BCUT2D eigenvalue weighted by Crippen LogP contribution is 2.20. The smallest absolute Gasteiger partial charge is 0.345 e. The molecule has 0 aliphatic carbocycles. The minimum absolute atomic E-state index is 0.0279. The van der Waals surface area contributed by atoms with Gasteiger partial charge < -0.3 is 9.47 Å². The molecule has 0 fully saturated rings. The maximum Gasteiger partial charge on any atom is 0.345 e. The van der Waals surface area contributed by atoms with Crippen molar-refractivity contribution < 1.29 is 14.3 Å². The van der Waals surface area contributed by atoms with E-state index in [1.807, 2.05) is 42.5 Å². The Morgan fingerprint density at radius 2 is 1.94 bits per heavy atom. The van der Waals surface area contributed by atoms with E-state index < -0.39 is 5.97 Å². The van der Waals surface area contributed by atoms with Crippen LogP contribution in [-0.4, -0.2) is 19.2 Å². The average molecular weight is 240 g/mol. The molecule has 0 bridgehead atoms. The molecule has 2 aromatic rings. The second-order valence-electron chi connectivity index (χ2n) is 3.66. The Morgan fingerprint density at radius 3 is 2.72 bits per heavy atom. The van der Waals surface area contributed by atoms with Crippen LogP contribution in [0.4, 0.5) is 0 Å². The van der Waals surface area contributed by atoms with Gasteiger partial charge >= 0.3 is 5.97 Å². The number of hydrogen-bond acceptors (Lipinski definition) is 3. The first kappa shape index (κ1) is 12.0. The van der Waals surface area contributed by atoms with E-state index in [9.17, 15) is 4.79 Å². The number of carbonyl (C=O) groups is 1. The number of benzene rings is 2. The van der Waals surface area contributed by atoms with Crippen molar-refractivity contribution in [2.45, 2.75) is 0 Å². The number of carbonyl (C=O) groups excluding carboxylic acids is 1. The Hall–Kier alpha value is -2.47. The van der Waals surface area contributed by atoms with Crippen LogP contribution in [0, 0.1) is 12.3 Å². The van der Waals surface area contributed by atoms with Gasteiger partial charge in [-0.2, -0.15) is 0 Å². The van der Waals surface area contributed by atoms with Gasteiger partial charge in [-0.3, -0.25) is 0 Å². The Morgan fingerprint density at radius 1 is 1.17 bits per heavy atom. The number of fused-ring (bicyclic) bond motifs is 1. The highest BCUT2D eigenvalue weighted by Gasteiger charge is 2.03. The van der Waals surface area contributed by atoms with Crippen LogP contribution in [0.1, 0.15) is 0 Å². The van der Waals surface area contributed by atoms with E-state index in [1.54, 1.807) is 0 Å². The van der Waals surface area contributed by atoms with Crippen molar-refractivity contribution in [1.29, 1.82) is 0 Å². The normalized spacial score (nSPS) is 9.72. The summed E-state index contributed by atoms with van der Waals surface area (Å²) in [5.74, 6) is 2.38. The molecule has 0 N–H and O–H groups in total. The molecule has 0 spiro atoms. The lowest BCUT2D eigenvalue weighted by atomic mass is 10.1. The number of esters is 1. The van der Waals surface area contributed by atoms with Gasteiger partial charge in [0.05, 0.1) is 0 Å². The van der Waals surface area contributed by atoms with E-state index >= 15 is 0 Å². The van der Waals surface area contributed by atoms with Crippen molar-refractivity contribution in [3.05, 3.63) is 42.5 Å². The molecule has 3 nitrogen and oxygen atoms in total. The third-order valence-corrected chi connectivity index (χ3v) is 2.39. The second-order valence-corrected chi connectivity index (χ2v) is 3.66. The first-order chi connectivity index (χ1) is 8.79. The van der Waals surface area contributed by atoms with E-state index in [-0.39, 0.29) is 13.2 Å². The Balaban J connectivity index is 2.00. The van der Waals surface area contributed by atoms with Gasteiger partial charge in [0.25, 0.3) is 0 Å². The number of hydrogen-bond donors (Lipinski definition) is 0. The van der Waals surface area contributed by atoms with Crippen LogP contribution < -0.4 is 4.74 Å². The summed E-state index contributed by atoms with van der Waals surface area (Å²) in [5.41, 5.74) is 0. The van der Waals surface area contributed by atoms with Crippen LogP contribution in [0.3, 0.4) is 0 Å². The molecule has 0 heterocycles. The van der Waals surface area contributed by atoms with E-state index in [0.29, 0.717) is 5.75 Å². The van der Waals surface area contributed by atoms with Crippen molar-refractivity contribution in [2.24, 2.45) is 0 Å². The molecule has 0 aliphatic heterocycles. The SMILES string of the molecule is C#CCOC(=O)COc1ccc2ccccc2c1. The highest BCUT2D eigenvalue weighted by atomic mass is 16.6. The summed E-state index contributed by atoms with van der Waals surface area (Å²) < 4.78 is 10.0. The quantitative estimate of drug-likeness (QED) is 0.608. The second kappa shape index (κ2) is 5.74. The summed E-state index contributed by atoms with van der Waals surface area (Å²) in [7, 11) is 0. The average Bonchev–Trinajstić information content (AvgIpc) is 2.42. The molecule has 0 aliphatic rings. The van der Waals surface area contributed by atoms with Gasteiger partial charge in [-0.05, 0) is 22.9 Å². The minimum atomic E-state index is -0.471. The lowest BCUT2D eigenvalue weighted by Gasteiger charge is -2.06. The van der Waals surface area contributed by atoms with Crippen molar-refractivity contribution in [2.75, 3.05) is 13.2 Å². The molecule has 0 atom stereocenters. The topological polar surface area (TPSA) is 35.5 Å². The van der Waals surface area contributed by atoms with Gasteiger partial charge in [0, 0.05) is 0 Å². The van der Waals surface area contributed by atoms with Gasteiger partial charge in [-0.15, -0.1) is 6.42 Å². The molecule has 2 rings (SSSR count). The molecule has 3 heteroatoms. The summed E-state index contributed by atoms with van der Waals surface area (Å²) in [5, 5.41) is 2.19. The molecule has 0 saturated carbocycles. The maximum absolute atomic E-state index is 11.2. The molecule has 0 radical (unpaired) electrons. The monoisotopic (exact) mass is 240 g/mol. The van der Waals surface area contributed by atoms with E-state index in [2.05, 4.69) is 5.92 Å². The largest absolute Gasteiger partial charge is 0.482 e.